The second-order valence-corrected chi connectivity index (χ2v) is 8.12. The van der Waals surface area contributed by atoms with Gasteiger partial charge in [0.25, 0.3) is 0 Å². The van der Waals surface area contributed by atoms with Crippen LogP contribution < -0.4 is 0 Å². The summed E-state index contributed by atoms with van der Waals surface area (Å²) in [7, 11) is 0. The number of piperidine rings is 1. The number of hydrogen-bond acceptors (Lipinski definition) is 2. The molecule has 2 unspecified atom stereocenters. The summed E-state index contributed by atoms with van der Waals surface area (Å²) in [6.45, 7) is 5.16. The minimum absolute atomic E-state index is 0.167. The minimum Gasteiger partial charge on any atom is -0.335 e. The molecule has 2 nitrogen and oxygen atoms in total. The molecule has 2 aromatic carbocycles. The second-order valence-electron chi connectivity index (χ2n) is 6.80. The first-order chi connectivity index (χ1) is 12.2. The molecule has 3 rings (SSSR count). The summed E-state index contributed by atoms with van der Waals surface area (Å²) < 4.78 is 0. The fraction of sp³-hybridized carbons (Fsp3) is 0.409. The monoisotopic (exact) mass is 353 g/mol. The van der Waals surface area contributed by atoms with Gasteiger partial charge < -0.3 is 4.90 Å². The van der Waals surface area contributed by atoms with Gasteiger partial charge in [-0.1, -0.05) is 61.4 Å². The molecule has 0 aliphatic carbocycles. The summed E-state index contributed by atoms with van der Waals surface area (Å²) in [6, 6.07) is 19.5. The second kappa shape index (κ2) is 8.57. The van der Waals surface area contributed by atoms with Crippen molar-refractivity contribution in [3.63, 3.8) is 0 Å². The van der Waals surface area contributed by atoms with Crippen LogP contribution in [0.4, 0.5) is 0 Å². The fourth-order valence-corrected chi connectivity index (χ4v) is 4.79. The molecule has 0 N–H and O–H groups in total. The lowest BCUT2D eigenvalue weighted by Gasteiger charge is -2.41. The van der Waals surface area contributed by atoms with Crippen LogP contribution in [0.3, 0.4) is 0 Å². The van der Waals surface area contributed by atoms with Crippen molar-refractivity contribution in [2.75, 3.05) is 6.54 Å². The lowest BCUT2D eigenvalue weighted by Crippen LogP contribution is -2.44. The van der Waals surface area contributed by atoms with Crippen molar-refractivity contribution in [1.82, 2.24) is 4.90 Å². The molecule has 1 aliphatic heterocycles. The van der Waals surface area contributed by atoms with E-state index in [0.29, 0.717) is 17.6 Å². The van der Waals surface area contributed by atoms with E-state index in [-0.39, 0.29) is 6.04 Å². The van der Waals surface area contributed by atoms with Gasteiger partial charge in [0.2, 0.25) is 5.91 Å². The zero-order valence-corrected chi connectivity index (χ0v) is 16.0. The molecule has 132 valence electrons. The van der Waals surface area contributed by atoms with E-state index >= 15 is 0 Å². The molecule has 0 saturated carbocycles. The van der Waals surface area contributed by atoms with E-state index in [1.54, 1.807) is 0 Å². The highest BCUT2D eigenvalue weighted by Crippen LogP contribution is 2.42. The molecule has 25 heavy (non-hydrogen) atoms. The molecule has 0 bridgehead atoms. The van der Waals surface area contributed by atoms with Crippen LogP contribution >= 0.6 is 11.8 Å². The Morgan fingerprint density at radius 2 is 1.80 bits per heavy atom. The highest BCUT2D eigenvalue weighted by Gasteiger charge is 2.36. The maximum atomic E-state index is 12.6. The first kappa shape index (κ1) is 18.1. The van der Waals surface area contributed by atoms with Gasteiger partial charge in [0.05, 0.1) is 6.04 Å². The Morgan fingerprint density at radius 1 is 1.08 bits per heavy atom. The van der Waals surface area contributed by atoms with Crippen LogP contribution in [0, 0.1) is 6.92 Å². The molecule has 1 saturated heterocycles. The fourth-order valence-electron chi connectivity index (χ4n) is 3.48. The highest BCUT2D eigenvalue weighted by atomic mass is 32.2. The summed E-state index contributed by atoms with van der Waals surface area (Å²) in [5.74, 6) is 0.308. The quantitative estimate of drug-likeness (QED) is 0.672. The van der Waals surface area contributed by atoms with Crippen LogP contribution in [0.2, 0.25) is 0 Å². The average molecular weight is 354 g/mol. The number of carbonyl (C=O) groups is 1. The van der Waals surface area contributed by atoms with Crippen LogP contribution in [0.1, 0.15) is 49.8 Å². The SMILES string of the molecule is CCCCN1C(=O)CCC(Sc2ccc(C)cc2)C1c1ccccc1. The lowest BCUT2D eigenvalue weighted by atomic mass is 9.94. The third kappa shape index (κ3) is 4.46. The van der Waals surface area contributed by atoms with Crippen molar-refractivity contribution >= 4 is 17.7 Å². The number of aryl methyl sites for hydroxylation is 1. The molecule has 2 atom stereocenters. The zero-order valence-electron chi connectivity index (χ0n) is 15.2. The Bertz CT molecular complexity index is 683. The number of thioether (sulfide) groups is 1. The summed E-state index contributed by atoms with van der Waals surface area (Å²) in [5.41, 5.74) is 2.55. The number of nitrogens with zero attached hydrogens (tertiary/aromatic N) is 1. The third-order valence-electron chi connectivity index (χ3n) is 4.85. The lowest BCUT2D eigenvalue weighted by molar-refractivity contribution is -0.136. The van der Waals surface area contributed by atoms with Crippen molar-refractivity contribution in [3.05, 3.63) is 65.7 Å². The van der Waals surface area contributed by atoms with Gasteiger partial charge in [0.15, 0.2) is 0 Å². The highest BCUT2D eigenvalue weighted by molar-refractivity contribution is 8.00. The molecule has 3 heteroatoms. The first-order valence-electron chi connectivity index (χ1n) is 9.26. The largest absolute Gasteiger partial charge is 0.335 e. The Morgan fingerprint density at radius 3 is 2.48 bits per heavy atom. The topological polar surface area (TPSA) is 20.3 Å². The number of unbranched alkanes of at least 4 members (excludes halogenated alkanes) is 1. The molecular weight excluding hydrogens is 326 g/mol. The van der Waals surface area contributed by atoms with Crippen LogP contribution in [-0.2, 0) is 4.79 Å². The molecule has 0 radical (unpaired) electrons. The van der Waals surface area contributed by atoms with Crippen molar-refractivity contribution < 1.29 is 4.79 Å². The van der Waals surface area contributed by atoms with E-state index in [0.717, 1.165) is 25.8 Å². The summed E-state index contributed by atoms with van der Waals surface area (Å²) in [5, 5.41) is 0.402. The Hall–Kier alpha value is -1.74. The molecule has 1 fully saturated rings. The van der Waals surface area contributed by atoms with E-state index in [4.69, 9.17) is 0 Å². The smallest absolute Gasteiger partial charge is 0.223 e. The molecule has 0 aromatic heterocycles. The van der Waals surface area contributed by atoms with Gasteiger partial charge in [-0.2, -0.15) is 0 Å². The van der Waals surface area contributed by atoms with E-state index in [9.17, 15) is 4.79 Å². The minimum atomic E-state index is 0.167. The van der Waals surface area contributed by atoms with Gasteiger partial charge in [0, 0.05) is 23.1 Å². The van der Waals surface area contributed by atoms with Crippen LogP contribution in [0.5, 0.6) is 0 Å². The molecule has 1 heterocycles. The summed E-state index contributed by atoms with van der Waals surface area (Å²) in [4.78, 5) is 16.1. The predicted octanol–water partition coefficient (Wildman–Crippen LogP) is 5.62. The van der Waals surface area contributed by atoms with Crippen molar-refractivity contribution in [2.45, 2.75) is 55.7 Å². The number of hydrogen-bond donors (Lipinski definition) is 0. The summed E-state index contributed by atoms with van der Waals surface area (Å²) >= 11 is 1.92. The van der Waals surface area contributed by atoms with Crippen molar-refractivity contribution in [2.24, 2.45) is 0 Å². The van der Waals surface area contributed by atoms with Gasteiger partial charge in [-0.3, -0.25) is 4.79 Å². The zero-order chi connectivity index (χ0) is 17.6. The maximum absolute atomic E-state index is 12.6. The number of rotatable bonds is 6. The van der Waals surface area contributed by atoms with Crippen molar-refractivity contribution in [3.8, 4) is 0 Å². The first-order valence-corrected chi connectivity index (χ1v) is 10.1. The van der Waals surface area contributed by atoms with Gasteiger partial charge in [-0.25, -0.2) is 0 Å². The predicted molar refractivity (Wildman–Crippen MR) is 106 cm³/mol. The van der Waals surface area contributed by atoms with E-state index < -0.39 is 0 Å². The van der Waals surface area contributed by atoms with Crippen LogP contribution in [0.25, 0.3) is 0 Å². The number of benzene rings is 2. The Kier molecular flexibility index (Phi) is 6.19. The summed E-state index contributed by atoms with van der Waals surface area (Å²) in [6.07, 6.45) is 3.79. The molecule has 1 amide bonds. The Labute approximate surface area is 155 Å². The number of amides is 1. The van der Waals surface area contributed by atoms with E-state index in [1.165, 1.54) is 16.0 Å². The van der Waals surface area contributed by atoms with E-state index in [2.05, 4.69) is 67.3 Å². The molecule has 2 aromatic rings. The van der Waals surface area contributed by atoms with Crippen molar-refractivity contribution in [1.29, 1.82) is 0 Å². The van der Waals surface area contributed by atoms with Gasteiger partial charge in [0.1, 0.15) is 0 Å². The third-order valence-corrected chi connectivity index (χ3v) is 6.19. The van der Waals surface area contributed by atoms with Crippen LogP contribution in [0.15, 0.2) is 59.5 Å². The normalized spacial score (nSPS) is 20.7. The number of carbonyl (C=O) groups excluding carboxylic acids is 1. The average Bonchev–Trinajstić information content (AvgIpc) is 2.64. The standard InChI is InChI=1S/C22H27NOS/c1-3-4-16-23-21(24)15-14-20(22(23)18-8-6-5-7-9-18)25-19-12-10-17(2)11-13-19/h5-13,20,22H,3-4,14-16H2,1-2H3. The molecular formula is C22H27NOS. The molecule has 1 aliphatic rings. The maximum Gasteiger partial charge on any atom is 0.223 e. The number of likely N-dealkylation sites (tertiary alicyclic amines) is 1. The Balaban J connectivity index is 1.88. The van der Waals surface area contributed by atoms with Gasteiger partial charge in [-0.15, -0.1) is 11.8 Å². The molecule has 0 spiro atoms. The van der Waals surface area contributed by atoms with Gasteiger partial charge in [-0.05, 0) is 37.5 Å². The van der Waals surface area contributed by atoms with Gasteiger partial charge >= 0.3 is 0 Å². The van der Waals surface area contributed by atoms with Crippen LogP contribution in [-0.4, -0.2) is 22.6 Å². The van der Waals surface area contributed by atoms with E-state index in [1.807, 2.05) is 17.8 Å².